The summed E-state index contributed by atoms with van der Waals surface area (Å²) >= 11 is 0. The molecule has 1 aliphatic carbocycles. The van der Waals surface area contributed by atoms with Crippen LogP contribution in [0.1, 0.15) is 39.5 Å². The molecule has 2 atom stereocenters. The maximum atomic E-state index is 12.9. The van der Waals surface area contributed by atoms with E-state index in [4.69, 9.17) is 0 Å². The SMILES string of the molecule is CC(=O)Nc1ccc(S(=O)(=O)N2CCN([C@H]3CCC[C@H](C)C3)CC2)cc1. The van der Waals surface area contributed by atoms with E-state index in [1.165, 1.54) is 32.6 Å². The second kappa shape index (κ2) is 8.06. The van der Waals surface area contributed by atoms with Crippen molar-refractivity contribution in [2.75, 3.05) is 31.5 Å². The first-order valence-corrected chi connectivity index (χ1v) is 10.9. The summed E-state index contributed by atoms with van der Waals surface area (Å²) in [5, 5.41) is 2.65. The molecule has 1 aliphatic heterocycles. The zero-order chi connectivity index (χ0) is 18.7. The van der Waals surface area contributed by atoms with Crippen LogP contribution in [0.15, 0.2) is 29.2 Å². The minimum absolute atomic E-state index is 0.172. The summed E-state index contributed by atoms with van der Waals surface area (Å²) in [7, 11) is -3.48. The van der Waals surface area contributed by atoms with Crippen molar-refractivity contribution in [2.45, 2.75) is 50.5 Å². The number of amides is 1. The van der Waals surface area contributed by atoms with Gasteiger partial charge in [-0.1, -0.05) is 19.8 Å². The molecule has 1 N–H and O–H groups in total. The van der Waals surface area contributed by atoms with Crippen LogP contribution < -0.4 is 5.32 Å². The normalized spacial score (nSPS) is 25.8. The van der Waals surface area contributed by atoms with Gasteiger partial charge in [-0.05, 0) is 43.0 Å². The first kappa shape index (κ1) is 19.3. The van der Waals surface area contributed by atoms with Gasteiger partial charge in [0.15, 0.2) is 0 Å². The Labute approximate surface area is 156 Å². The smallest absolute Gasteiger partial charge is 0.243 e. The summed E-state index contributed by atoms with van der Waals surface area (Å²) in [6, 6.07) is 7.01. The van der Waals surface area contributed by atoms with E-state index in [1.54, 1.807) is 28.6 Å². The number of hydrogen-bond acceptors (Lipinski definition) is 4. The Kier molecular flexibility index (Phi) is 5.99. The molecule has 1 saturated heterocycles. The third kappa shape index (κ3) is 4.45. The molecule has 1 amide bonds. The Hall–Kier alpha value is -1.44. The Bertz CT molecular complexity index is 725. The Morgan fingerprint density at radius 1 is 1.08 bits per heavy atom. The monoisotopic (exact) mass is 379 g/mol. The summed E-state index contributed by atoms with van der Waals surface area (Å²) in [5.41, 5.74) is 0.604. The molecule has 26 heavy (non-hydrogen) atoms. The lowest BCUT2D eigenvalue weighted by molar-refractivity contribution is -0.114. The van der Waals surface area contributed by atoms with Crippen molar-refractivity contribution in [1.82, 2.24) is 9.21 Å². The van der Waals surface area contributed by atoms with E-state index in [9.17, 15) is 13.2 Å². The second-order valence-corrected chi connectivity index (χ2v) is 9.51. The maximum absolute atomic E-state index is 12.9. The predicted octanol–water partition coefficient (Wildman–Crippen LogP) is 2.53. The van der Waals surface area contributed by atoms with Gasteiger partial charge in [0.25, 0.3) is 0 Å². The summed E-state index contributed by atoms with van der Waals surface area (Å²) in [5.74, 6) is 0.603. The first-order chi connectivity index (χ1) is 12.4. The van der Waals surface area contributed by atoms with Crippen molar-refractivity contribution in [1.29, 1.82) is 0 Å². The molecule has 6 nitrogen and oxygen atoms in total. The topological polar surface area (TPSA) is 69.7 Å². The fourth-order valence-corrected chi connectivity index (χ4v) is 5.53. The fourth-order valence-electron chi connectivity index (χ4n) is 4.11. The molecule has 1 saturated carbocycles. The summed E-state index contributed by atoms with van der Waals surface area (Å²) in [4.78, 5) is 13.8. The molecule has 1 heterocycles. The van der Waals surface area contributed by atoms with E-state index >= 15 is 0 Å². The maximum Gasteiger partial charge on any atom is 0.243 e. The summed E-state index contributed by atoms with van der Waals surface area (Å²) in [6.07, 6.45) is 5.07. The van der Waals surface area contributed by atoms with E-state index in [1.807, 2.05) is 0 Å². The van der Waals surface area contributed by atoms with Crippen molar-refractivity contribution >= 4 is 21.6 Å². The standard InChI is InChI=1S/C19H29N3O3S/c1-15-4-3-5-18(14-15)21-10-12-22(13-11-21)26(24,25)19-8-6-17(7-9-19)20-16(2)23/h6-9,15,18H,3-5,10-14H2,1-2H3,(H,20,23)/t15-,18-/m0/s1. The molecule has 7 heteroatoms. The van der Waals surface area contributed by atoms with Crippen molar-refractivity contribution in [3.63, 3.8) is 0 Å². The number of sulfonamides is 1. The van der Waals surface area contributed by atoms with Gasteiger partial charge in [-0.15, -0.1) is 0 Å². The van der Waals surface area contributed by atoms with Crippen LogP contribution in [0.25, 0.3) is 0 Å². The molecule has 2 aliphatic rings. The molecule has 2 fully saturated rings. The lowest BCUT2D eigenvalue weighted by Crippen LogP contribution is -2.52. The number of nitrogens with zero attached hydrogens (tertiary/aromatic N) is 2. The van der Waals surface area contributed by atoms with Crippen molar-refractivity contribution < 1.29 is 13.2 Å². The van der Waals surface area contributed by atoms with Gasteiger partial charge >= 0.3 is 0 Å². The quantitative estimate of drug-likeness (QED) is 0.873. The van der Waals surface area contributed by atoms with Crippen LogP contribution in [0, 0.1) is 5.92 Å². The van der Waals surface area contributed by atoms with Gasteiger partial charge in [0.1, 0.15) is 0 Å². The average Bonchev–Trinajstić information content (AvgIpc) is 2.62. The van der Waals surface area contributed by atoms with Crippen LogP contribution >= 0.6 is 0 Å². The number of hydrogen-bond donors (Lipinski definition) is 1. The highest BCUT2D eigenvalue weighted by molar-refractivity contribution is 7.89. The van der Waals surface area contributed by atoms with Crippen LogP contribution in [-0.2, 0) is 14.8 Å². The lowest BCUT2D eigenvalue weighted by atomic mass is 9.86. The number of carbonyl (C=O) groups excluding carboxylic acids is 1. The summed E-state index contributed by atoms with van der Waals surface area (Å²) < 4.78 is 27.3. The second-order valence-electron chi connectivity index (χ2n) is 7.57. The molecule has 0 unspecified atom stereocenters. The molecular weight excluding hydrogens is 350 g/mol. The number of anilines is 1. The molecule has 0 spiro atoms. The molecule has 1 aromatic carbocycles. The minimum Gasteiger partial charge on any atom is -0.326 e. The molecule has 1 aromatic rings. The van der Waals surface area contributed by atoms with Crippen LogP contribution in [0.4, 0.5) is 5.69 Å². The highest BCUT2D eigenvalue weighted by atomic mass is 32.2. The molecule has 144 valence electrons. The number of rotatable bonds is 4. The highest BCUT2D eigenvalue weighted by Crippen LogP contribution is 2.28. The van der Waals surface area contributed by atoms with Gasteiger partial charge in [0.2, 0.25) is 15.9 Å². The lowest BCUT2D eigenvalue weighted by Gasteiger charge is -2.41. The number of benzene rings is 1. The predicted molar refractivity (Wildman–Crippen MR) is 102 cm³/mol. The largest absolute Gasteiger partial charge is 0.326 e. The van der Waals surface area contributed by atoms with E-state index in [-0.39, 0.29) is 10.8 Å². The summed E-state index contributed by atoms with van der Waals surface area (Å²) in [6.45, 7) is 6.44. The molecule has 0 radical (unpaired) electrons. The van der Waals surface area contributed by atoms with Gasteiger partial charge in [-0.25, -0.2) is 8.42 Å². The first-order valence-electron chi connectivity index (χ1n) is 9.48. The number of piperazine rings is 1. The number of nitrogens with one attached hydrogen (secondary N) is 1. The van der Waals surface area contributed by atoms with Gasteiger partial charge in [-0.3, -0.25) is 9.69 Å². The highest BCUT2D eigenvalue weighted by Gasteiger charge is 2.32. The number of carbonyl (C=O) groups is 1. The van der Waals surface area contributed by atoms with Crippen LogP contribution in [-0.4, -0.2) is 55.8 Å². The fraction of sp³-hybridized carbons (Fsp3) is 0.632. The van der Waals surface area contributed by atoms with Crippen LogP contribution in [0.3, 0.4) is 0 Å². The minimum atomic E-state index is -3.48. The Balaban J connectivity index is 1.61. The van der Waals surface area contributed by atoms with E-state index in [0.717, 1.165) is 19.0 Å². The van der Waals surface area contributed by atoms with E-state index < -0.39 is 10.0 Å². The van der Waals surface area contributed by atoms with Gasteiger partial charge in [-0.2, -0.15) is 4.31 Å². The average molecular weight is 380 g/mol. The van der Waals surface area contributed by atoms with E-state index in [2.05, 4.69) is 17.1 Å². The zero-order valence-corrected chi connectivity index (χ0v) is 16.5. The van der Waals surface area contributed by atoms with Crippen molar-refractivity contribution in [3.8, 4) is 0 Å². The zero-order valence-electron chi connectivity index (χ0n) is 15.6. The molecular formula is C19H29N3O3S. The van der Waals surface area contributed by atoms with Crippen LogP contribution in [0.2, 0.25) is 0 Å². The Morgan fingerprint density at radius 2 is 1.73 bits per heavy atom. The van der Waals surface area contributed by atoms with Crippen molar-refractivity contribution in [2.24, 2.45) is 5.92 Å². The Morgan fingerprint density at radius 3 is 2.31 bits per heavy atom. The van der Waals surface area contributed by atoms with Crippen LogP contribution in [0.5, 0.6) is 0 Å². The van der Waals surface area contributed by atoms with Crippen molar-refractivity contribution in [3.05, 3.63) is 24.3 Å². The molecule has 3 rings (SSSR count). The van der Waals surface area contributed by atoms with Gasteiger partial charge in [0.05, 0.1) is 4.90 Å². The third-order valence-electron chi connectivity index (χ3n) is 5.51. The third-order valence-corrected chi connectivity index (χ3v) is 7.42. The van der Waals surface area contributed by atoms with Gasteiger partial charge < -0.3 is 5.32 Å². The van der Waals surface area contributed by atoms with E-state index in [0.29, 0.717) is 24.8 Å². The molecule has 0 bridgehead atoms. The molecule has 0 aromatic heterocycles. The van der Waals surface area contributed by atoms with Gasteiger partial charge in [0, 0.05) is 44.8 Å².